The highest BCUT2D eigenvalue weighted by atomic mass is 32.2. The summed E-state index contributed by atoms with van der Waals surface area (Å²) >= 11 is 1.43. The number of rotatable bonds is 4. The predicted molar refractivity (Wildman–Crippen MR) is 93.8 cm³/mol. The Bertz CT molecular complexity index is 628. The van der Waals surface area contributed by atoms with Gasteiger partial charge < -0.3 is 24.6 Å². The average Bonchev–Trinajstić information content (AvgIpc) is 3.02. The molecule has 25 heavy (non-hydrogen) atoms. The van der Waals surface area contributed by atoms with Crippen LogP contribution in [-0.2, 0) is 16.1 Å². The molecule has 8 heteroatoms. The Morgan fingerprint density at radius 2 is 1.96 bits per heavy atom. The van der Waals surface area contributed by atoms with Gasteiger partial charge in [0.25, 0.3) is 0 Å². The molecule has 2 heterocycles. The van der Waals surface area contributed by atoms with Crippen LogP contribution < -0.4 is 0 Å². The molecular formula is C17H23FN2O4S. The molecule has 1 saturated heterocycles. The van der Waals surface area contributed by atoms with Crippen molar-refractivity contribution in [2.75, 3.05) is 14.1 Å². The fourth-order valence-electron chi connectivity index (χ4n) is 2.88. The molecule has 1 aromatic carbocycles. The van der Waals surface area contributed by atoms with E-state index in [1.807, 2.05) is 19.0 Å². The first kappa shape index (κ1) is 18.6. The topological polar surface area (TPSA) is 74.5 Å². The van der Waals surface area contributed by atoms with Crippen molar-refractivity contribution < 1.29 is 24.1 Å². The van der Waals surface area contributed by atoms with Crippen molar-refractivity contribution in [2.24, 2.45) is 4.99 Å². The van der Waals surface area contributed by atoms with E-state index < -0.39 is 30.5 Å². The van der Waals surface area contributed by atoms with Crippen molar-refractivity contribution in [1.82, 2.24) is 4.90 Å². The Kier molecular flexibility index (Phi) is 5.65. The molecular weight excluding hydrogens is 347 g/mol. The van der Waals surface area contributed by atoms with Crippen LogP contribution in [0, 0.1) is 5.82 Å². The molecule has 0 radical (unpaired) electrons. The third-order valence-corrected chi connectivity index (χ3v) is 5.66. The Morgan fingerprint density at radius 1 is 1.28 bits per heavy atom. The Labute approximate surface area is 150 Å². The zero-order valence-corrected chi connectivity index (χ0v) is 15.2. The average molecular weight is 370 g/mol. The molecule has 1 aromatic rings. The lowest BCUT2D eigenvalue weighted by Gasteiger charge is -2.40. The first-order valence-electron chi connectivity index (χ1n) is 8.16. The molecule has 138 valence electrons. The summed E-state index contributed by atoms with van der Waals surface area (Å²) in [6, 6.07) is 5.56. The molecule has 2 aliphatic heterocycles. The Balaban J connectivity index is 1.62. The van der Waals surface area contributed by atoms with E-state index in [4.69, 9.17) is 9.47 Å². The van der Waals surface area contributed by atoms with E-state index in [0.717, 1.165) is 10.7 Å². The van der Waals surface area contributed by atoms with Gasteiger partial charge in [0.1, 0.15) is 35.6 Å². The molecule has 0 aliphatic carbocycles. The van der Waals surface area contributed by atoms with E-state index in [0.29, 0.717) is 0 Å². The lowest BCUT2D eigenvalue weighted by molar-refractivity contribution is -0.193. The summed E-state index contributed by atoms with van der Waals surface area (Å²) in [6.07, 6.45) is -3.21. The summed E-state index contributed by atoms with van der Waals surface area (Å²) in [6.45, 7) is 2.06. The van der Waals surface area contributed by atoms with E-state index in [1.54, 1.807) is 19.1 Å². The number of amidine groups is 1. The van der Waals surface area contributed by atoms with Gasteiger partial charge in [0, 0.05) is 14.1 Å². The van der Waals surface area contributed by atoms with Crippen LogP contribution in [0.3, 0.4) is 0 Å². The quantitative estimate of drug-likeness (QED) is 0.830. The van der Waals surface area contributed by atoms with Gasteiger partial charge >= 0.3 is 0 Å². The van der Waals surface area contributed by atoms with Crippen molar-refractivity contribution in [3.8, 4) is 0 Å². The molecule has 0 aromatic heterocycles. The van der Waals surface area contributed by atoms with E-state index in [-0.39, 0.29) is 17.9 Å². The van der Waals surface area contributed by atoms with Crippen LogP contribution in [0.2, 0.25) is 0 Å². The molecule has 0 unspecified atom stereocenters. The summed E-state index contributed by atoms with van der Waals surface area (Å²) in [4.78, 5) is 6.29. The number of aliphatic hydroxyl groups is 2. The number of hydrogen-bond acceptors (Lipinski definition) is 7. The molecule has 6 atom stereocenters. The minimum absolute atomic E-state index is 0.269. The molecule has 0 spiro atoms. The molecule has 3 rings (SSSR count). The lowest BCUT2D eigenvalue weighted by Crippen LogP contribution is -2.58. The normalized spacial score (nSPS) is 32.9. The minimum atomic E-state index is -1.09. The lowest BCUT2D eigenvalue weighted by atomic mass is 9.95. The van der Waals surface area contributed by atoms with Crippen LogP contribution >= 0.6 is 11.8 Å². The fourth-order valence-corrected chi connectivity index (χ4v) is 4.03. The second-order valence-corrected chi connectivity index (χ2v) is 7.57. The summed E-state index contributed by atoms with van der Waals surface area (Å²) in [5.74, 6) is -0.299. The first-order valence-corrected chi connectivity index (χ1v) is 9.04. The first-order chi connectivity index (χ1) is 11.9. The van der Waals surface area contributed by atoms with E-state index in [2.05, 4.69) is 4.99 Å². The summed E-state index contributed by atoms with van der Waals surface area (Å²) in [7, 11) is 3.75. The largest absolute Gasteiger partial charge is 0.388 e. The van der Waals surface area contributed by atoms with Crippen LogP contribution in [0.4, 0.5) is 4.39 Å². The van der Waals surface area contributed by atoms with Gasteiger partial charge in [-0.2, -0.15) is 0 Å². The highest BCUT2D eigenvalue weighted by Gasteiger charge is 2.50. The second-order valence-electron chi connectivity index (χ2n) is 6.51. The SMILES string of the molecule is C[C@H](OCc1ccc(F)cc1)[C@H]1O[C@@H]2SC(N(C)C)=N[C@@H]2[C@@H](O)[C@@H]1O. The highest BCUT2D eigenvalue weighted by Crippen LogP contribution is 2.38. The van der Waals surface area contributed by atoms with Gasteiger partial charge in [-0.15, -0.1) is 0 Å². The van der Waals surface area contributed by atoms with Crippen LogP contribution in [0.5, 0.6) is 0 Å². The fraction of sp³-hybridized carbons (Fsp3) is 0.588. The number of benzene rings is 1. The third kappa shape index (κ3) is 3.98. The van der Waals surface area contributed by atoms with Crippen molar-refractivity contribution in [1.29, 1.82) is 0 Å². The molecule has 2 N–H and O–H groups in total. The van der Waals surface area contributed by atoms with Gasteiger partial charge in [-0.1, -0.05) is 23.9 Å². The molecule has 0 bridgehead atoms. The smallest absolute Gasteiger partial charge is 0.161 e. The van der Waals surface area contributed by atoms with Gasteiger partial charge in [0.05, 0.1) is 12.7 Å². The van der Waals surface area contributed by atoms with Crippen LogP contribution in [0.1, 0.15) is 12.5 Å². The molecule has 2 aliphatic rings. The maximum atomic E-state index is 12.9. The van der Waals surface area contributed by atoms with Crippen molar-refractivity contribution in [2.45, 2.75) is 49.4 Å². The van der Waals surface area contributed by atoms with Gasteiger partial charge in [-0.05, 0) is 24.6 Å². The number of aliphatic hydroxyl groups excluding tert-OH is 2. The summed E-state index contributed by atoms with van der Waals surface area (Å²) in [5, 5.41) is 21.6. The second kappa shape index (κ2) is 7.59. The molecule has 1 fully saturated rings. The number of ether oxygens (including phenoxy) is 2. The molecule has 0 saturated carbocycles. The number of hydrogen-bond donors (Lipinski definition) is 2. The zero-order valence-electron chi connectivity index (χ0n) is 14.4. The van der Waals surface area contributed by atoms with Crippen molar-refractivity contribution >= 4 is 16.9 Å². The molecule has 0 amide bonds. The summed E-state index contributed by atoms with van der Waals surface area (Å²) in [5.41, 5.74) is 0.475. The minimum Gasteiger partial charge on any atom is -0.388 e. The highest BCUT2D eigenvalue weighted by molar-refractivity contribution is 8.14. The van der Waals surface area contributed by atoms with Crippen LogP contribution in [0.25, 0.3) is 0 Å². The Hall–Kier alpha value is -1.19. The Morgan fingerprint density at radius 3 is 2.60 bits per heavy atom. The number of halogens is 1. The number of aliphatic imine (C=N–C) groups is 1. The van der Waals surface area contributed by atoms with Crippen LogP contribution in [0.15, 0.2) is 29.3 Å². The predicted octanol–water partition coefficient (Wildman–Crippen LogP) is 1.21. The monoisotopic (exact) mass is 370 g/mol. The van der Waals surface area contributed by atoms with Gasteiger partial charge in [-0.3, -0.25) is 4.99 Å². The number of fused-ring (bicyclic) bond motifs is 1. The van der Waals surface area contributed by atoms with Crippen LogP contribution in [-0.4, -0.2) is 70.3 Å². The maximum Gasteiger partial charge on any atom is 0.161 e. The van der Waals surface area contributed by atoms with E-state index in [1.165, 1.54) is 23.9 Å². The van der Waals surface area contributed by atoms with Crippen molar-refractivity contribution in [3.63, 3.8) is 0 Å². The summed E-state index contributed by atoms with van der Waals surface area (Å²) < 4.78 is 24.7. The third-order valence-electron chi connectivity index (χ3n) is 4.36. The zero-order chi connectivity index (χ0) is 18.1. The number of nitrogens with zero attached hydrogens (tertiary/aromatic N) is 2. The standard InChI is InChI=1S/C17H23FN2O4S/c1-9(23-8-10-4-6-11(18)7-5-10)15-14(22)13(21)12-16(24-15)25-17(19-12)20(2)3/h4-7,9,12-16,21-22H,8H2,1-3H3/t9-,12+,13+,14-,15+,16+/m0/s1. The van der Waals surface area contributed by atoms with E-state index in [9.17, 15) is 14.6 Å². The maximum absolute atomic E-state index is 12.9. The molecule has 6 nitrogen and oxygen atoms in total. The van der Waals surface area contributed by atoms with Gasteiger partial charge in [0.2, 0.25) is 0 Å². The van der Waals surface area contributed by atoms with Gasteiger partial charge in [-0.25, -0.2) is 4.39 Å². The van der Waals surface area contributed by atoms with Crippen molar-refractivity contribution in [3.05, 3.63) is 35.6 Å². The van der Waals surface area contributed by atoms with Gasteiger partial charge in [0.15, 0.2) is 5.17 Å². The van der Waals surface area contributed by atoms with E-state index >= 15 is 0 Å². The number of thioether (sulfide) groups is 1.